The van der Waals surface area contributed by atoms with E-state index in [1.807, 2.05) is 6.20 Å². The number of nitrogens with zero attached hydrogens (tertiary/aromatic N) is 2. The van der Waals surface area contributed by atoms with Crippen molar-refractivity contribution in [2.45, 2.75) is 44.7 Å². The van der Waals surface area contributed by atoms with Gasteiger partial charge in [-0.25, -0.2) is 0 Å². The Balaban J connectivity index is 1.81. The van der Waals surface area contributed by atoms with E-state index in [-0.39, 0.29) is 5.41 Å². The largest absolute Gasteiger partial charge is 0.364 e. The summed E-state index contributed by atoms with van der Waals surface area (Å²) >= 11 is 0. The van der Waals surface area contributed by atoms with Gasteiger partial charge in [0, 0.05) is 36.3 Å². The molecule has 2 fully saturated rings. The maximum absolute atomic E-state index is 4.62. The molecule has 3 heteroatoms. The zero-order chi connectivity index (χ0) is 12.0. The molecule has 2 atom stereocenters. The van der Waals surface area contributed by atoms with Crippen LogP contribution in [0.4, 0.5) is 5.69 Å². The van der Waals surface area contributed by atoms with E-state index < -0.39 is 0 Å². The van der Waals surface area contributed by atoms with Gasteiger partial charge in [-0.05, 0) is 18.6 Å². The molecule has 0 spiro atoms. The predicted octanol–water partition coefficient (Wildman–Crippen LogP) is 1.93. The van der Waals surface area contributed by atoms with Gasteiger partial charge in [0.05, 0.1) is 11.9 Å². The Morgan fingerprint density at radius 3 is 2.65 bits per heavy atom. The highest BCUT2D eigenvalue weighted by Gasteiger charge is 2.37. The van der Waals surface area contributed by atoms with E-state index in [9.17, 15) is 0 Å². The van der Waals surface area contributed by atoms with Crippen molar-refractivity contribution in [1.29, 1.82) is 0 Å². The molecule has 3 rings (SSSR count). The molecule has 17 heavy (non-hydrogen) atoms. The van der Waals surface area contributed by atoms with Crippen molar-refractivity contribution in [3.63, 3.8) is 0 Å². The van der Waals surface area contributed by atoms with E-state index in [2.05, 4.69) is 48.1 Å². The standard InChI is InChI=1S/C14H21N3/c1-14(2,3)13-5-4-11(7-16-13)17-9-10-6-12(17)8-15-10/h4-5,7,10,12,15H,6,8-9H2,1-3H3/t10-,12-/m0/s1. The van der Waals surface area contributed by atoms with Crippen LogP contribution in [-0.4, -0.2) is 30.2 Å². The van der Waals surface area contributed by atoms with Crippen molar-refractivity contribution < 1.29 is 0 Å². The zero-order valence-corrected chi connectivity index (χ0v) is 10.9. The van der Waals surface area contributed by atoms with E-state index >= 15 is 0 Å². The monoisotopic (exact) mass is 231 g/mol. The van der Waals surface area contributed by atoms with Crippen molar-refractivity contribution >= 4 is 5.69 Å². The zero-order valence-electron chi connectivity index (χ0n) is 10.9. The van der Waals surface area contributed by atoms with Gasteiger partial charge in [0.1, 0.15) is 0 Å². The van der Waals surface area contributed by atoms with Crippen molar-refractivity contribution in [2.24, 2.45) is 0 Å². The molecule has 2 aliphatic rings. The lowest BCUT2D eigenvalue weighted by molar-refractivity contribution is 0.564. The van der Waals surface area contributed by atoms with Gasteiger partial charge in [-0.1, -0.05) is 20.8 Å². The number of hydrogen-bond acceptors (Lipinski definition) is 3. The SMILES string of the molecule is CC(C)(C)c1ccc(N2C[C@@H]3C[C@H]2CN3)cn1. The summed E-state index contributed by atoms with van der Waals surface area (Å²) in [7, 11) is 0. The van der Waals surface area contributed by atoms with E-state index in [4.69, 9.17) is 0 Å². The number of rotatable bonds is 1. The molecule has 0 aromatic carbocycles. The molecule has 0 saturated carbocycles. The third-order valence-corrected chi connectivity index (χ3v) is 3.90. The van der Waals surface area contributed by atoms with Crippen LogP contribution in [0.3, 0.4) is 0 Å². The topological polar surface area (TPSA) is 28.2 Å². The van der Waals surface area contributed by atoms with Crippen LogP contribution in [0, 0.1) is 0 Å². The summed E-state index contributed by atoms with van der Waals surface area (Å²) in [6.07, 6.45) is 3.34. The van der Waals surface area contributed by atoms with Crippen molar-refractivity contribution in [1.82, 2.24) is 10.3 Å². The second kappa shape index (κ2) is 3.70. The summed E-state index contributed by atoms with van der Waals surface area (Å²) in [4.78, 5) is 7.12. The van der Waals surface area contributed by atoms with Gasteiger partial charge >= 0.3 is 0 Å². The number of piperazine rings is 1. The molecular formula is C14H21N3. The van der Waals surface area contributed by atoms with Gasteiger partial charge in [-0.15, -0.1) is 0 Å². The third kappa shape index (κ3) is 1.93. The van der Waals surface area contributed by atoms with Crippen LogP contribution < -0.4 is 10.2 Å². The van der Waals surface area contributed by atoms with Crippen LogP contribution in [0.1, 0.15) is 32.9 Å². The highest BCUT2D eigenvalue weighted by molar-refractivity contribution is 5.49. The summed E-state index contributed by atoms with van der Waals surface area (Å²) in [5, 5.41) is 3.53. The highest BCUT2D eigenvalue weighted by atomic mass is 15.3. The Labute approximate surface area is 103 Å². The molecule has 92 valence electrons. The summed E-state index contributed by atoms with van der Waals surface area (Å²) in [5.41, 5.74) is 2.60. The highest BCUT2D eigenvalue weighted by Crippen LogP contribution is 2.30. The van der Waals surface area contributed by atoms with Crippen LogP contribution in [-0.2, 0) is 5.41 Å². The Morgan fingerprint density at radius 2 is 2.18 bits per heavy atom. The predicted molar refractivity (Wildman–Crippen MR) is 70.5 cm³/mol. The molecule has 0 unspecified atom stereocenters. The van der Waals surface area contributed by atoms with Gasteiger partial charge < -0.3 is 10.2 Å². The number of anilines is 1. The first-order valence-corrected chi connectivity index (χ1v) is 6.50. The van der Waals surface area contributed by atoms with Gasteiger partial charge in [0.15, 0.2) is 0 Å². The van der Waals surface area contributed by atoms with Gasteiger partial charge in [-0.3, -0.25) is 4.98 Å². The number of nitrogens with one attached hydrogen (secondary N) is 1. The molecule has 1 aromatic heterocycles. The van der Waals surface area contributed by atoms with Crippen LogP contribution >= 0.6 is 0 Å². The number of pyridine rings is 1. The first-order chi connectivity index (χ1) is 8.04. The minimum Gasteiger partial charge on any atom is -0.364 e. The Hall–Kier alpha value is -1.09. The summed E-state index contributed by atoms with van der Waals surface area (Å²) < 4.78 is 0. The lowest BCUT2D eigenvalue weighted by Gasteiger charge is -2.29. The lowest BCUT2D eigenvalue weighted by atomic mass is 9.92. The maximum atomic E-state index is 4.62. The van der Waals surface area contributed by atoms with Gasteiger partial charge in [0.25, 0.3) is 0 Å². The van der Waals surface area contributed by atoms with Crippen LogP contribution in [0.2, 0.25) is 0 Å². The second-order valence-electron chi connectivity index (χ2n) is 6.30. The molecule has 0 radical (unpaired) electrons. The lowest BCUT2D eigenvalue weighted by Crippen LogP contribution is -2.43. The number of aromatic nitrogens is 1. The summed E-state index contributed by atoms with van der Waals surface area (Å²) in [6, 6.07) is 5.79. The fraction of sp³-hybridized carbons (Fsp3) is 0.643. The second-order valence-corrected chi connectivity index (χ2v) is 6.30. The molecule has 2 aliphatic heterocycles. The first-order valence-electron chi connectivity index (χ1n) is 6.50. The molecule has 2 saturated heterocycles. The molecule has 0 amide bonds. The molecule has 2 bridgehead atoms. The Bertz CT molecular complexity index is 404. The molecule has 0 aliphatic carbocycles. The summed E-state index contributed by atoms with van der Waals surface area (Å²) in [5.74, 6) is 0. The van der Waals surface area contributed by atoms with Crippen LogP contribution in [0.25, 0.3) is 0 Å². The van der Waals surface area contributed by atoms with E-state index in [1.54, 1.807) is 0 Å². The average molecular weight is 231 g/mol. The minimum atomic E-state index is 0.143. The molecule has 3 nitrogen and oxygen atoms in total. The smallest absolute Gasteiger partial charge is 0.0556 e. The molecule has 1 aromatic rings. The molecule has 1 N–H and O–H groups in total. The molecule has 3 heterocycles. The normalized spacial score (nSPS) is 27.8. The number of fused-ring (bicyclic) bond motifs is 2. The van der Waals surface area contributed by atoms with Crippen molar-refractivity contribution in [2.75, 3.05) is 18.0 Å². The van der Waals surface area contributed by atoms with Crippen LogP contribution in [0.15, 0.2) is 18.3 Å². The first kappa shape index (κ1) is 11.0. The maximum Gasteiger partial charge on any atom is 0.0556 e. The fourth-order valence-corrected chi connectivity index (χ4v) is 2.88. The van der Waals surface area contributed by atoms with E-state index in [0.717, 1.165) is 13.1 Å². The van der Waals surface area contributed by atoms with Crippen LogP contribution in [0.5, 0.6) is 0 Å². The average Bonchev–Trinajstić information content (AvgIpc) is 2.89. The fourth-order valence-electron chi connectivity index (χ4n) is 2.88. The molecular weight excluding hydrogens is 210 g/mol. The Morgan fingerprint density at radius 1 is 1.35 bits per heavy atom. The van der Waals surface area contributed by atoms with Crippen molar-refractivity contribution in [3.8, 4) is 0 Å². The third-order valence-electron chi connectivity index (χ3n) is 3.90. The minimum absolute atomic E-state index is 0.143. The quantitative estimate of drug-likeness (QED) is 0.800. The van der Waals surface area contributed by atoms with E-state index in [1.165, 1.54) is 17.8 Å². The number of hydrogen-bond donors (Lipinski definition) is 1. The van der Waals surface area contributed by atoms with E-state index in [0.29, 0.717) is 12.1 Å². The van der Waals surface area contributed by atoms with Gasteiger partial charge in [0.2, 0.25) is 0 Å². The summed E-state index contributed by atoms with van der Waals surface area (Å²) in [6.45, 7) is 8.89. The Kier molecular flexibility index (Phi) is 2.40. The van der Waals surface area contributed by atoms with Gasteiger partial charge in [-0.2, -0.15) is 0 Å². The van der Waals surface area contributed by atoms with Crippen molar-refractivity contribution in [3.05, 3.63) is 24.0 Å².